The molecule has 1 aromatic carbocycles. The van der Waals surface area contributed by atoms with Crippen LogP contribution in [0.4, 0.5) is 5.82 Å². The molecule has 2 saturated heterocycles. The second-order valence-electron chi connectivity index (χ2n) is 11.0. The normalized spacial score (nSPS) is 18.6. The highest BCUT2D eigenvalue weighted by molar-refractivity contribution is 5.66. The smallest absolute Gasteiger partial charge is 0.129 e. The van der Waals surface area contributed by atoms with Crippen molar-refractivity contribution in [1.29, 1.82) is 0 Å². The minimum atomic E-state index is 0.514. The van der Waals surface area contributed by atoms with Crippen molar-refractivity contribution in [3.8, 4) is 0 Å². The summed E-state index contributed by atoms with van der Waals surface area (Å²) in [4.78, 5) is 9.78. The molecule has 0 aliphatic carbocycles. The molecule has 38 heavy (non-hydrogen) atoms. The fraction of sp³-hybridized carbons (Fsp3) is 0.545. The van der Waals surface area contributed by atoms with Gasteiger partial charge in [-0.3, -0.25) is 0 Å². The van der Waals surface area contributed by atoms with Gasteiger partial charge >= 0.3 is 0 Å². The SMILES string of the molecule is CCC=C(N)C1CCN(c2cc(/C(=C/CC)NCCN3CCC(CCc4ccccc4)CC3)ccn2)CC1. The molecule has 2 aliphatic heterocycles. The van der Waals surface area contributed by atoms with Gasteiger partial charge in [0.2, 0.25) is 0 Å². The van der Waals surface area contributed by atoms with Crippen LogP contribution in [0.5, 0.6) is 0 Å². The van der Waals surface area contributed by atoms with Gasteiger partial charge in [0, 0.05) is 55.3 Å². The first-order chi connectivity index (χ1) is 18.7. The Bertz CT molecular complexity index is 1010. The third-order valence-electron chi connectivity index (χ3n) is 8.33. The van der Waals surface area contributed by atoms with Crippen molar-refractivity contribution in [1.82, 2.24) is 15.2 Å². The number of hydrogen-bond acceptors (Lipinski definition) is 5. The van der Waals surface area contributed by atoms with Crippen LogP contribution >= 0.6 is 0 Å². The highest BCUT2D eigenvalue weighted by atomic mass is 15.2. The van der Waals surface area contributed by atoms with Crippen LogP contribution < -0.4 is 16.0 Å². The third kappa shape index (κ3) is 8.36. The van der Waals surface area contributed by atoms with E-state index >= 15 is 0 Å². The quantitative estimate of drug-likeness (QED) is 0.351. The van der Waals surface area contributed by atoms with Crippen LogP contribution in [0.2, 0.25) is 0 Å². The second kappa shape index (κ2) is 15.0. The predicted octanol–water partition coefficient (Wildman–Crippen LogP) is 6.24. The molecular weight excluding hydrogens is 466 g/mol. The molecule has 0 amide bonds. The summed E-state index contributed by atoms with van der Waals surface area (Å²) in [5, 5.41) is 3.76. The molecule has 206 valence electrons. The summed E-state index contributed by atoms with van der Waals surface area (Å²) >= 11 is 0. The fourth-order valence-corrected chi connectivity index (χ4v) is 5.96. The number of anilines is 1. The zero-order chi connectivity index (χ0) is 26.6. The summed E-state index contributed by atoms with van der Waals surface area (Å²) in [7, 11) is 0. The number of aromatic nitrogens is 1. The van der Waals surface area contributed by atoms with Crippen LogP contribution in [0.3, 0.4) is 0 Å². The molecule has 2 aliphatic rings. The molecule has 0 saturated carbocycles. The Morgan fingerprint density at radius 3 is 2.42 bits per heavy atom. The Kier molecular flexibility index (Phi) is 11.1. The second-order valence-corrected chi connectivity index (χ2v) is 11.0. The lowest BCUT2D eigenvalue weighted by Crippen LogP contribution is -2.38. The van der Waals surface area contributed by atoms with E-state index in [1.54, 1.807) is 0 Å². The van der Waals surface area contributed by atoms with Crippen LogP contribution in [-0.4, -0.2) is 49.2 Å². The van der Waals surface area contributed by atoms with Crippen molar-refractivity contribution in [2.45, 2.75) is 65.2 Å². The molecule has 5 nitrogen and oxygen atoms in total. The molecule has 5 heteroatoms. The lowest BCUT2D eigenvalue weighted by Gasteiger charge is -2.33. The maximum absolute atomic E-state index is 6.29. The molecule has 0 atom stereocenters. The van der Waals surface area contributed by atoms with Crippen LogP contribution in [0, 0.1) is 11.8 Å². The van der Waals surface area contributed by atoms with Crippen molar-refractivity contribution < 1.29 is 0 Å². The summed E-state index contributed by atoms with van der Waals surface area (Å²) in [6, 6.07) is 15.4. The molecule has 2 aromatic rings. The summed E-state index contributed by atoms with van der Waals surface area (Å²) in [5.74, 6) is 2.47. The number of piperidine rings is 2. The number of hydrogen-bond donors (Lipinski definition) is 2. The predicted molar refractivity (Wildman–Crippen MR) is 162 cm³/mol. The van der Waals surface area contributed by atoms with Crippen molar-refractivity contribution in [2.75, 3.05) is 44.2 Å². The zero-order valence-electron chi connectivity index (χ0n) is 23.7. The van der Waals surface area contributed by atoms with Gasteiger partial charge in [0.25, 0.3) is 0 Å². The van der Waals surface area contributed by atoms with Crippen molar-refractivity contribution in [3.05, 3.63) is 77.6 Å². The summed E-state index contributed by atoms with van der Waals surface area (Å²) < 4.78 is 0. The number of nitrogens with one attached hydrogen (secondary N) is 1. The molecule has 0 spiro atoms. The average molecular weight is 516 g/mol. The zero-order valence-corrected chi connectivity index (χ0v) is 23.7. The van der Waals surface area contributed by atoms with Crippen molar-refractivity contribution >= 4 is 11.5 Å². The van der Waals surface area contributed by atoms with Gasteiger partial charge in [-0.1, -0.05) is 56.3 Å². The molecule has 0 radical (unpaired) electrons. The van der Waals surface area contributed by atoms with E-state index in [1.807, 2.05) is 6.20 Å². The van der Waals surface area contributed by atoms with Gasteiger partial charge in [-0.05, 0) is 88.1 Å². The number of likely N-dealkylation sites (tertiary alicyclic amines) is 1. The van der Waals surface area contributed by atoms with Gasteiger partial charge in [-0.2, -0.15) is 0 Å². The monoisotopic (exact) mass is 515 g/mol. The number of pyridine rings is 1. The van der Waals surface area contributed by atoms with Gasteiger partial charge in [0.15, 0.2) is 0 Å². The van der Waals surface area contributed by atoms with Gasteiger partial charge in [0.1, 0.15) is 5.82 Å². The lowest BCUT2D eigenvalue weighted by atomic mass is 9.90. The third-order valence-corrected chi connectivity index (χ3v) is 8.33. The highest BCUT2D eigenvalue weighted by Gasteiger charge is 2.22. The van der Waals surface area contributed by atoms with Gasteiger partial charge < -0.3 is 20.9 Å². The van der Waals surface area contributed by atoms with E-state index in [-0.39, 0.29) is 0 Å². The maximum Gasteiger partial charge on any atom is 0.129 e. The van der Waals surface area contributed by atoms with Crippen LogP contribution in [0.25, 0.3) is 5.70 Å². The van der Waals surface area contributed by atoms with Crippen LogP contribution in [0.15, 0.2) is 66.5 Å². The Balaban J connectivity index is 1.22. The first-order valence-electron chi connectivity index (χ1n) is 15.0. The topological polar surface area (TPSA) is 57.4 Å². The average Bonchev–Trinajstić information content (AvgIpc) is 2.97. The van der Waals surface area contributed by atoms with Crippen molar-refractivity contribution in [3.63, 3.8) is 0 Å². The highest BCUT2D eigenvalue weighted by Crippen LogP contribution is 2.27. The summed E-state index contributed by atoms with van der Waals surface area (Å²) in [5.41, 5.74) is 11.3. The molecule has 4 rings (SSSR count). The number of allylic oxidation sites excluding steroid dienone is 3. The number of aryl methyl sites for hydroxylation is 1. The van der Waals surface area contributed by atoms with Crippen LogP contribution in [-0.2, 0) is 6.42 Å². The largest absolute Gasteiger partial charge is 0.402 e. The van der Waals surface area contributed by atoms with Gasteiger partial charge in [-0.15, -0.1) is 0 Å². The molecule has 3 N–H and O–H groups in total. The Hall–Kier alpha value is -2.79. The molecule has 3 heterocycles. The first-order valence-corrected chi connectivity index (χ1v) is 15.0. The maximum atomic E-state index is 6.29. The Morgan fingerprint density at radius 1 is 0.974 bits per heavy atom. The number of rotatable bonds is 12. The minimum absolute atomic E-state index is 0.514. The standard InChI is InChI=1S/C33H49N5/c1-3-8-31(34)29-17-23-38(24-18-29)33-26-30(14-19-36-33)32(9-4-2)35-20-25-37-21-15-28(16-22-37)13-12-27-10-6-5-7-11-27/h5-11,14,19,26,28-29,35H,3-4,12-13,15-18,20-25,34H2,1-2H3/b31-8?,32-9-. The van der Waals surface area contributed by atoms with Gasteiger partial charge in [0.05, 0.1) is 0 Å². The molecule has 0 bridgehead atoms. The van der Waals surface area contributed by atoms with Gasteiger partial charge in [-0.25, -0.2) is 4.98 Å². The Labute approximate surface area is 231 Å². The Morgan fingerprint density at radius 2 is 1.71 bits per heavy atom. The van der Waals surface area contributed by atoms with E-state index in [4.69, 9.17) is 10.7 Å². The van der Waals surface area contributed by atoms with E-state index in [2.05, 4.69) is 83.6 Å². The molecule has 1 aromatic heterocycles. The summed E-state index contributed by atoms with van der Waals surface area (Å²) in [6.45, 7) is 10.9. The van der Waals surface area contributed by atoms with Crippen molar-refractivity contribution in [2.24, 2.45) is 17.6 Å². The number of benzene rings is 1. The van der Waals surface area contributed by atoms with E-state index < -0.39 is 0 Å². The first kappa shape index (κ1) is 28.2. The van der Waals surface area contributed by atoms with E-state index in [0.717, 1.165) is 69.3 Å². The molecular formula is C33H49N5. The molecule has 2 fully saturated rings. The lowest BCUT2D eigenvalue weighted by molar-refractivity contribution is 0.181. The minimum Gasteiger partial charge on any atom is -0.402 e. The number of nitrogens with two attached hydrogens (primary N) is 1. The van der Waals surface area contributed by atoms with E-state index in [1.165, 1.54) is 55.6 Å². The molecule has 0 unspecified atom stereocenters. The van der Waals surface area contributed by atoms with E-state index in [0.29, 0.717) is 5.92 Å². The fourth-order valence-electron chi connectivity index (χ4n) is 5.96. The summed E-state index contributed by atoms with van der Waals surface area (Å²) in [6.07, 6.45) is 15.9. The van der Waals surface area contributed by atoms with E-state index in [9.17, 15) is 0 Å². The number of nitrogens with zero attached hydrogens (tertiary/aromatic N) is 3. The van der Waals surface area contributed by atoms with Crippen LogP contribution in [0.1, 0.15) is 69.9 Å².